The van der Waals surface area contributed by atoms with E-state index in [4.69, 9.17) is 46.4 Å². The molecule has 1 atom stereocenters. The molecule has 0 saturated carbocycles. The lowest BCUT2D eigenvalue weighted by Crippen LogP contribution is -2.39. The van der Waals surface area contributed by atoms with Crippen molar-refractivity contribution in [1.29, 1.82) is 0 Å². The van der Waals surface area contributed by atoms with Gasteiger partial charge in [0.15, 0.2) is 4.75 Å². The molecular formula is C19H12Cl4O5S. The molecule has 0 fully saturated rings. The van der Waals surface area contributed by atoms with Crippen molar-refractivity contribution < 1.29 is 23.2 Å². The first-order chi connectivity index (χ1) is 13.5. The summed E-state index contributed by atoms with van der Waals surface area (Å²) in [5.41, 5.74) is -0.373. The van der Waals surface area contributed by atoms with Crippen LogP contribution in [0.15, 0.2) is 54.6 Å². The van der Waals surface area contributed by atoms with Gasteiger partial charge in [0.1, 0.15) is 16.5 Å². The van der Waals surface area contributed by atoms with Crippen LogP contribution in [0.2, 0.25) is 20.1 Å². The van der Waals surface area contributed by atoms with E-state index in [0.717, 1.165) is 12.1 Å². The third-order valence-electron chi connectivity index (χ3n) is 4.39. The summed E-state index contributed by atoms with van der Waals surface area (Å²) >= 11 is 25.0. The molecule has 0 aliphatic rings. The fourth-order valence-electron chi connectivity index (χ4n) is 3.22. The van der Waals surface area contributed by atoms with Gasteiger partial charge in [-0.1, -0.05) is 82.8 Å². The zero-order valence-corrected chi connectivity index (χ0v) is 18.1. The number of aromatic hydroxyl groups is 2. The Bertz CT molecular complexity index is 1200. The summed E-state index contributed by atoms with van der Waals surface area (Å²) in [6.45, 7) is 0. The van der Waals surface area contributed by atoms with Crippen LogP contribution in [0.4, 0.5) is 0 Å². The number of benzene rings is 3. The average Bonchev–Trinajstić information content (AvgIpc) is 2.64. The Morgan fingerprint density at radius 3 is 1.97 bits per heavy atom. The number of phenolic OH excluding ortho intramolecular Hbond substituents is 2. The van der Waals surface area contributed by atoms with Crippen LogP contribution in [0, 0.1) is 0 Å². The molecule has 3 aromatic rings. The number of halogens is 4. The van der Waals surface area contributed by atoms with Gasteiger partial charge in [-0.2, -0.15) is 8.42 Å². The van der Waals surface area contributed by atoms with Crippen molar-refractivity contribution >= 4 is 56.5 Å². The van der Waals surface area contributed by atoms with Crippen LogP contribution in [-0.4, -0.2) is 23.2 Å². The molecule has 0 spiro atoms. The van der Waals surface area contributed by atoms with E-state index >= 15 is 0 Å². The first kappa shape index (κ1) is 22.0. The Balaban J connectivity index is 2.65. The molecule has 0 aliphatic heterocycles. The fourth-order valence-corrected chi connectivity index (χ4v) is 5.94. The maximum absolute atomic E-state index is 13.0. The molecule has 0 amide bonds. The minimum absolute atomic E-state index is 0.0562. The lowest BCUT2D eigenvalue weighted by molar-refractivity contribution is 0.456. The second-order valence-electron chi connectivity index (χ2n) is 6.07. The molecule has 152 valence electrons. The zero-order valence-electron chi connectivity index (χ0n) is 14.3. The minimum atomic E-state index is -5.07. The molecule has 0 bridgehead atoms. The summed E-state index contributed by atoms with van der Waals surface area (Å²) in [4.78, 5) is 0. The maximum Gasteiger partial charge on any atom is 0.283 e. The molecule has 10 heteroatoms. The smallest absolute Gasteiger partial charge is 0.283 e. The molecule has 29 heavy (non-hydrogen) atoms. The monoisotopic (exact) mass is 492 g/mol. The fraction of sp³-hybridized carbons (Fsp3) is 0.0526. The highest BCUT2D eigenvalue weighted by atomic mass is 35.5. The van der Waals surface area contributed by atoms with Gasteiger partial charge in [0.05, 0.1) is 10.0 Å². The van der Waals surface area contributed by atoms with E-state index in [1.54, 1.807) is 18.2 Å². The molecular weight excluding hydrogens is 482 g/mol. The Hall–Kier alpha value is -1.67. The summed E-state index contributed by atoms with van der Waals surface area (Å²) in [7, 11) is -5.07. The molecule has 0 aliphatic carbocycles. The molecule has 0 saturated heterocycles. The molecule has 3 N–H and O–H groups in total. The highest BCUT2D eigenvalue weighted by Crippen LogP contribution is 2.53. The molecule has 0 aromatic heterocycles. The first-order valence-electron chi connectivity index (χ1n) is 7.90. The molecule has 0 heterocycles. The lowest BCUT2D eigenvalue weighted by atomic mass is 9.83. The molecule has 1 unspecified atom stereocenters. The highest BCUT2D eigenvalue weighted by Gasteiger charge is 2.52. The van der Waals surface area contributed by atoms with Crippen LogP contribution in [0.25, 0.3) is 0 Å². The molecule has 0 radical (unpaired) electrons. The van der Waals surface area contributed by atoms with Crippen LogP contribution in [0.1, 0.15) is 16.7 Å². The maximum atomic E-state index is 13.0. The third kappa shape index (κ3) is 3.54. The Morgan fingerprint density at radius 1 is 0.793 bits per heavy atom. The van der Waals surface area contributed by atoms with Crippen molar-refractivity contribution in [1.82, 2.24) is 0 Å². The van der Waals surface area contributed by atoms with Gasteiger partial charge in [-0.3, -0.25) is 4.55 Å². The highest BCUT2D eigenvalue weighted by molar-refractivity contribution is 7.87. The van der Waals surface area contributed by atoms with Crippen LogP contribution in [0.3, 0.4) is 0 Å². The molecule has 5 nitrogen and oxygen atoms in total. The van der Waals surface area contributed by atoms with Crippen LogP contribution in [-0.2, 0) is 14.9 Å². The number of rotatable bonds is 4. The van der Waals surface area contributed by atoms with E-state index < -0.39 is 20.6 Å². The van der Waals surface area contributed by atoms with E-state index in [1.807, 2.05) is 0 Å². The SMILES string of the molecule is O=S(=O)(O)C(c1ccccc1)(c1ccc(O)cc1Cl)c1c(Cl)cc(O)c(Cl)c1Cl. The summed E-state index contributed by atoms with van der Waals surface area (Å²) in [6.07, 6.45) is 0. The standard InChI is InChI=1S/C19H12Cl4O5S/c20-13-8-11(24)6-7-12(13)19(29(26,27)28,10-4-2-1-3-5-10)16-14(21)9-15(25)17(22)18(16)23/h1-9,24-25H,(H,26,27,28). The molecule has 3 aromatic carbocycles. The zero-order chi connectivity index (χ0) is 21.6. The van der Waals surface area contributed by atoms with Crippen LogP contribution < -0.4 is 0 Å². The van der Waals surface area contributed by atoms with Crippen LogP contribution >= 0.6 is 46.4 Å². The predicted octanol–water partition coefficient (Wildman–Crippen LogP) is 5.89. The van der Waals surface area contributed by atoms with Crippen molar-refractivity contribution in [3.05, 3.63) is 91.4 Å². The quantitative estimate of drug-likeness (QED) is 0.239. The Kier molecular flexibility index (Phi) is 5.98. The minimum Gasteiger partial charge on any atom is -0.508 e. The second kappa shape index (κ2) is 7.87. The van der Waals surface area contributed by atoms with E-state index in [9.17, 15) is 23.2 Å². The van der Waals surface area contributed by atoms with Gasteiger partial charge in [-0.15, -0.1) is 0 Å². The second-order valence-corrected chi connectivity index (χ2v) is 9.20. The van der Waals surface area contributed by atoms with Crippen molar-refractivity contribution in [3.8, 4) is 11.5 Å². The average molecular weight is 494 g/mol. The topological polar surface area (TPSA) is 94.8 Å². The normalized spacial score (nSPS) is 13.8. The van der Waals surface area contributed by atoms with Gasteiger partial charge in [0.25, 0.3) is 10.1 Å². The van der Waals surface area contributed by atoms with Crippen molar-refractivity contribution in [2.45, 2.75) is 4.75 Å². The van der Waals surface area contributed by atoms with Gasteiger partial charge in [-0.25, -0.2) is 0 Å². The third-order valence-corrected chi connectivity index (χ3v) is 7.29. The Labute approximate surface area is 186 Å². The molecule has 3 rings (SSSR count). The van der Waals surface area contributed by atoms with E-state index in [-0.39, 0.29) is 42.5 Å². The summed E-state index contributed by atoms with van der Waals surface area (Å²) < 4.78 is 34.1. The van der Waals surface area contributed by atoms with Gasteiger partial charge in [0, 0.05) is 22.2 Å². The first-order valence-corrected chi connectivity index (χ1v) is 10.9. The Morgan fingerprint density at radius 2 is 1.41 bits per heavy atom. The van der Waals surface area contributed by atoms with Crippen molar-refractivity contribution in [2.24, 2.45) is 0 Å². The van der Waals surface area contributed by atoms with Gasteiger partial charge >= 0.3 is 0 Å². The van der Waals surface area contributed by atoms with Gasteiger partial charge in [-0.05, 0) is 17.7 Å². The largest absolute Gasteiger partial charge is 0.508 e. The van der Waals surface area contributed by atoms with Crippen molar-refractivity contribution in [2.75, 3.05) is 0 Å². The van der Waals surface area contributed by atoms with Crippen LogP contribution in [0.5, 0.6) is 11.5 Å². The summed E-state index contributed by atoms with van der Waals surface area (Å²) in [6, 6.07) is 12.2. The summed E-state index contributed by atoms with van der Waals surface area (Å²) in [5.74, 6) is -0.698. The number of hydrogen-bond donors (Lipinski definition) is 3. The van der Waals surface area contributed by atoms with E-state index in [2.05, 4.69) is 0 Å². The van der Waals surface area contributed by atoms with Gasteiger partial charge < -0.3 is 10.2 Å². The predicted molar refractivity (Wildman–Crippen MR) is 114 cm³/mol. The van der Waals surface area contributed by atoms with E-state index in [0.29, 0.717) is 0 Å². The van der Waals surface area contributed by atoms with E-state index in [1.165, 1.54) is 24.3 Å². The number of hydrogen-bond acceptors (Lipinski definition) is 4. The van der Waals surface area contributed by atoms with Gasteiger partial charge in [0.2, 0.25) is 0 Å². The summed E-state index contributed by atoms with van der Waals surface area (Å²) in [5, 5.41) is 18.5. The number of phenols is 2. The van der Waals surface area contributed by atoms with Crippen molar-refractivity contribution in [3.63, 3.8) is 0 Å². The lowest BCUT2D eigenvalue weighted by Gasteiger charge is -2.34.